The molecule has 1 heteroatoms. The fraction of sp³-hybridized carbons (Fsp3) is 0.500. The summed E-state index contributed by atoms with van der Waals surface area (Å²) in [5.74, 6) is 0. The molecule has 0 bridgehead atoms. The van der Waals surface area contributed by atoms with Crippen LogP contribution in [0, 0.1) is 6.58 Å². The first-order valence-electron chi connectivity index (χ1n) is 1.54. The lowest BCUT2D eigenvalue weighted by atomic mass is 10.6. The third kappa shape index (κ3) is 3.54. The molecule has 0 aromatic carbocycles. The molecule has 0 aromatic rings. The molecule has 0 atom stereocenters. The molecule has 0 amide bonds. The average Bonchev–Trinajstić information content (AvgIpc) is 1.38. The minimum atomic E-state index is 0.755. The van der Waals surface area contributed by atoms with Gasteiger partial charge in [-0.05, 0) is 13.5 Å². The lowest BCUT2D eigenvalue weighted by molar-refractivity contribution is 0.994. The molecular weight excluding hydrogens is 62.1 g/mol. The average molecular weight is 70.1 g/mol. The molecule has 1 N–H and O–H groups in total. The maximum Gasteiger partial charge on any atom is 0.00730 e. The van der Waals surface area contributed by atoms with Crippen LogP contribution in [0.1, 0.15) is 6.92 Å². The van der Waals surface area contributed by atoms with E-state index in [9.17, 15) is 0 Å². The number of hydrogen-bond donors (Lipinski definition) is 1. The third-order valence-electron chi connectivity index (χ3n) is 0.394. The van der Waals surface area contributed by atoms with E-state index in [1.165, 1.54) is 0 Å². The Hall–Kier alpha value is -0.460. The van der Waals surface area contributed by atoms with Gasteiger partial charge in [-0.3, -0.25) is 0 Å². The van der Waals surface area contributed by atoms with Gasteiger partial charge >= 0.3 is 0 Å². The molecule has 0 saturated heterocycles. The van der Waals surface area contributed by atoms with Crippen LogP contribution < -0.4 is 5.32 Å². The summed E-state index contributed by atoms with van der Waals surface area (Å²) in [6.07, 6.45) is 0. The Morgan fingerprint density at radius 1 is 1.80 bits per heavy atom. The van der Waals surface area contributed by atoms with Crippen molar-refractivity contribution < 1.29 is 0 Å². The Morgan fingerprint density at radius 2 is 2.00 bits per heavy atom. The third-order valence-corrected chi connectivity index (χ3v) is 0.394. The molecule has 1 nitrogen and oxygen atoms in total. The van der Waals surface area contributed by atoms with Crippen molar-refractivity contribution in [3.63, 3.8) is 0 Å². The summed E-state index contributed by atoms with van der Waals surface area (Å²) in [5.41, 5.74) is 0.755. The van der Waals surface area contributed by atoms with E-state index in [-0.39, 0.29) is 0 Å². The molecule has 0 rings (SSSR count). The maximum absolute atomic E-state index is 5.10. The van der Waals surface area contributed by atoms with Crippen molar-refractivity contribution in [3.8, 4) is 0 Å². The van der Waals surface area contributed by atoms with Gasteiger partial charge in [0.15, 0.2) is 0 Å². The molecule has 0 aliphatic heterocycles. The second kappa shape index (κ2) is 1.82. The van der Waals surface area contributed by atoms with Crippen LogP contribution in [0.3, 0.4) is 0 Å². The number of hydrogen-bond acceptors (Lipinski definition) is 1. The lowest BCUT2D eigenvalue weighted by Crippen LogP contribution is -1.98. The van der Waals surface area contributed by atoms with E-state index >= 15 is 0 Å². The minimum absolute atomic E-state index is 0.755. The molecule has 29 valence electrons. The Labute approximate surface area is 32.7 Å². The van der Waals surface area contributed by atoms with Crippen LogP contribution in [-0.4, -0.2) is 7.05 Å². The largest absolute Gasteiger partial charge is 0.392 e. The van der Waals surface area contributed by atoms with E-state index in [4.69, 9.17) is 6.58 Å². The van der Waals surface area contributed by atoms with Crippen LogP contribution in [0.4, 0.5) is 0 Å². The summed E-state index contributed by atoms with van der Waals surface area (Å²) < 4.78 is 0. The van der Waals surface area contributed by atoms with Gasteiger partial charge in [-0.15, -0.1) is 0 Å². The van der Waals surface area contributed by atoms with Gasteiger partial charge in [0.2, 0.25) is 0 Å². The van der Waals surface area contributed by atoms with Gasteiger partial charge in [0.25, 0.3) is 0 Å². The minimum Gasteiger partial charge on any atom is -0.392 e. The first-order chi connectivity index (χ1) is 2.27. The zero-order valence-corrected chi connectivity index (χ0v) is 3.58. The number of allylic oxidation sites excluding steroid dienone is 1. The van der Waals surface area contributed by atoms with Gasteiger partial charge in [0.05, 0.1) is 0 Å². The van der Waals surface area contributed by atoms with E-state index in [0.29, 0.717) is 0 Å². The van der Waals surface area contributed by atoms with Crippen LogP contribution in [0.5, 0.6) is 0 Å². The lowest BCUT2D eigenvalue weighted by Gasteiger charge is -1.87. The first kappa shape index (κ1) is 4.54. The standard InChI is InChI=1S/C4H8N/c1-4(2)5-3/h1,5H,2-3H3. The highest BCUT2D eigenvalue weighted by molar-refractivity contribution is 4.76. The van der Waals surface area contributed by atoms with E-state index in [2.05, 4.69) is 5.32 Å². The van der Waals surface area contributed by atoms with Gasteiger partial charge < -0.3 is 5.32 Å². The van der Waals surface area contributed by atoms with Crippen molar-refractivity contribution in [1.29, 1.82) is 0 Å². The number of nitrogens with one attached hydrogen (secondary N) is 1. The molecule has 0 aliphatic carbocycles. The molecule has 1 radical (unpaired) electrons. The molecule has 0 heterocycles. The van der Waals surface area contributed by atoms with Crippen LogP contribution in [0.15, 0.2) is 5.70 Å². The Kier molecular flexibility index (Phi) is 1.65. The van der Waals surface area contributed by atoms with Crippen LogP contribution in [-0.2, 0) is 0 Å². The summed E-state index contributed by atoms with van der Waals surface area (Å²) in [6.45, 7) is 6.90. The van der Waals surface area contributed by atoms with Crippen molar-refractivity contribution in [2.24, 2.45) is 0 Å². The van der Waals surface area contributed by atoms with E-state index in [1.54, 1.807) is 14.0 Å². The molecular formula is C4H8N. The highest BCUT2D eigenvalue weighted by Gasteiger charge is 1.63. The molecule has 0 unspecified atom stereocenters. The highest BCUT2D eigenvalue weighted by atomic mass is 14.8. The molecule has 0 aromatic heterocycles. The molecule has 5 heavy (non-hydrogen) atoms. The number of rotatable bonds is 1. The molecule has 0 fully saturated rings. The topological polar surface area (TPSA) is 12.0 Å². The van der Waals surface area contributed by atoms with E-state index < -0.39 is 0 Å². The Balaban J connectivity index is 2.85. The summed E-state index contributed by atoms with van der Waals surface area (Å²) in [4.78, 5) is 0. The highest BCUT2D eigenvalue weighted by Crippen LogP contribution is 1.67. The van der Waals surface area contributed by atoms with Crippen LogP contribution in [0.2, 0.25) is 0 Å². The second-order valence-corrected chi connectivity index (χ2v) is 0.933. The molecule has 0 aliphatic rings. The van der Waals surface area contributed by atoms with Crippen molar-refractivity contribution >= 4 is 0 Å². The Bertz CT molecular complexity index is 38.9. The molecule has 0 saturated carbocycles. The summed E-state index contributed by atoms with van der Waals surface area (Å²) >= 11 is 0. The zero-order chi connectivity index (χ0) is 4.28. The second-order valence-electron chi connectivity index (χ2n) is 0.933. The predicted octanol–water partition coefficient (Wildman–Crippen LogP) is 0.543. The first-order valence-corrected chi connectivity index (χ1v) is 1.54. The van der Waals surface area contributed by atoms with Gasteiger partial charge in [-0.25, -0.2) is 0 Å². The van der Waals surface area contributed by atoms with Crippen LogP contribution in [0.25, 0.3) is 0 Å². The van der Waals surface area contributed by atoms with E-state index in [1.807, 2.05) is 0 Å². The van der Waals surface area contributed by atoms with Crippen molar-refractivity contribution in [3.05, 3.63) is 12.3 Å². The normalized spacial score (nSPS) is 6.80. The summed E-state index contributed by atoms with van der Waals surface area (Å²) in [5, 5.41) is 2.72. The van der Waals surface area contributed by atoms with Gasteiger partial charge in [-0.2, -0.15) is 0 Å². The zero-order valence-electron chi connectivity index (χ0n) is 3.58. The van der Waals surface area contributed by atoms with Crippen molar-refractivity contribution in [2.75, 3.05) is 7.05 Å². The molecule has 0 spiro atoms. The van der Waals surface area contributed by atoms with Crippen molar-refractivity contribution in [1.82, 2.24) is 5.32 Å². The SMILES string of the molecule is [CH]=C(C)NC. The van der Waals surface area contributed by atoms with Crippen molar-refractivity contribution in [2.45, 2.75) is 6.92 Å². The van der Waals surface area contributed by atoms with Gasteiger partial charge in [-0.1, -0.05) is 0 Å². The smallest absolute Gasteiger partial charge is 0.00730 e. The summed E-state index contributed by atoms with van der Waals surface area (Å²) in [7, 11) is 1.79. The van der Waals surface area contributed by atoms with E-state index in [0.717, 1.165) is 5.70 Å². The summed E-state index contributed by atoms with van der Waals surface area (Å²) in [6, 6.07) is 0. The Morgan fingerprint density at radius 3 is 2.00 bits per heavy atom. The van der Waals surface area contributed by atoms with Crippen LogP contribution >= 0.6 is 0 Å². The monoisotopic (exact) mass is 70.1 g/mol. The van der Waals surface area contributed by atoms with Gasteiger partial charge in [0.1, 0.15) is 0 Å². The fourth-order valence-corrected chi connectivity index (χ4v) is 0. The maximum atomic E-state index is 5.10. The quantitative estimate of drug-likeness (QED) is 0.475. The fourth-order valence-electron chi connectivity index (χ4n) is 0. The van der Waals surface area contributed by atoms with Gasteiger partial charge in [0, 0.05) is 12.7 Å². The predicted molar refractivity (Wildman–Crippen MR) is 22.5 cm³/mol.